The van der Waals surface area contributed by atoms with Crippen LogP contribution in [0.5, 0.6) is 5.75 Å². The molecule has 1 fully saturated rings. The molecule has 3 nitrogen and oxygen atoms in total. The molecule has 0 saturated carbocycles. The van der Waals surface area contributed by atoms with Crippen LogP contribution in [0.3, 0.4) is 0 Å². The fourth-order valence-corrected chi connectivity index (χ4v) is 4.55. The third-order valence-corrected chi connectivity index (χ3v) is 6.25. The predicted octanol–water partition coefficient (Wildman–Crippen LogP) is 6.89. The molecule has 1 heterocycles. The molecule has 0 bridgehead atoms. The maximum Gasteiger partial charge on any atom is 0.198 e. The molecule has 5 aromatic carbocycles. The van der Waals surface area contributed by atoms with Crippen LogP contribution in [0.2, 0.25) is 0 Å². The highest BCUT2D eigenvalue weighted by Gasteiger charge is 2.48. The first-order chi connectivity index (χ1) is 16.3. The normalized spacial score (nSPS) is 17.2. The zero-order chi connectivity index (χ0) is 22.2. The quantitative estimate of drug-likeness (QED) is 0.217. The lowest BCUT2D eigenvalue weighted by molar-refractivity contribution is 0.0951. The minimum absolute atomic E-state index is 0.0344. The summed E-state index contributed by atoms with van der Waals surface area (Å²) in [6.45, 7) is 0.401. The molecule has 33 heavy (non-hydrogen) atoms. The van der Waals surface area contributed by atoms with Gasteiger partial charge in [0, 0.05) is 0 Å². The minimum Gasteiger partial charge on any atom is -0.488 e. The summed E-state index contributed by atoms with van der Waals surface area (Å²) in [5.41, 5.74) is 2.70. The third-order valence-electron chi connectivity index (χ3n) is 6.25. The van der Waals surface area contributed by atoms with Crippen LogP contribution in [-0.4, -0.2) is 11.9 Å². The lowest BCUT2D eigenvalue weighted by Gasteiger charge is -2.13. The van der Waals surface area contributed by atoms with E-state index >= 15 is 0 Å². The van der Waals surface area contributed by atoms with Gasteiger partial charge in [0.05, 0.1) is 5.56 Å². The Kier molecular flexibility index (Phi) is 4.89. The fourth-order valence-electron chi connectivity index (χ4n) is 4.55. The second-order valence-electron chi connectivity index (χ2n) is 8.34. The highest BCUT2D eigenvalue weighted by Crippen LogP contribution is 2.45. The number of hydrogen-bond donors (Lipinski definition) is 0. The van der Waals surface area contributed by atoms with Crippen LogP contribution in [0.1, 0.15) is 27.6 Å². The molecule has 0 amide bonds. The van der Waals surface area contributed by atoms with Crippen LogP contribution in [0.15, 0.2) is 109 Å². The van der Waals surface area contributed by atoms with Gasteiger partial charge in [0.25, 0.3) is 0 Å². The Hall–Kier alpha value is -3.95. The third kappa shape index (κ3) is 3.67. The van der Waals surface area contributed by atoms with Crippen molar-refractivity contribution in [3.05, 3.63) is 126 Å². The molecule has 0 unspecified atom stereocenters. The van der Waals surface area contributed by atoms with Gasteiger partial charge in [0.15, 0.2) is 11.9 Å². The number of hydrogen-bond acceptors (Lipinski definition) is 3. The number of Topliss-reactive ketones (excluding diaryl/α,β-unsaturated/α-hetero) is 1. The van der Waals surface area contributed by atoms with Crippen molar-refractivity contribution in [2.24, 2.45) is 0 Å². The summed E-state index contributed by atoms with van der Waals surface area (Å²) in [7, 11) is 0. The summed E-state index contributed by atoms with van der Waals surface area (Å²) in [6.07, 6.45) is -0.759. The molecule has 5 aromatic rings. The molecule has 0 N–H and O–H groups in total. The molecule has 1 aliphatic heterocycles. The number of carbonyl (C=O) groups is 1. The summed E-state index contributed by atoms with van der Waals surface area (Å²) in [4.78, 5) is 13.8. The fraction of sp³-hybridized carbons (Fsp3) is 0.100. The molecule has 3 heteroatoms. The van der Waals surface area contributed by atoms with Gasteiger partial charge in [-0.25, -0.2) is 0 Å². The van der Waals surface area contributed by atoms with Gasteiger partial charge in [0.1, 0.15) is 18.5 Å². The lowest BCUT2D eigenvalue weighted by Crippen LogP contribution is -2.12. The van der Waals surface area contributed by atoms with Gasteiger partial charge < -0.3 is 9.47 Å². The second kappa shape index (κ2) is 8.19. The maximum atomic E-state index is 13.8. The first-order valence-corrected chi connectivity index (χ1v) is 11.2. The summed E-state index contributed by atoms with van der Waals surface area (Å²) in [5, 5.41) is 4.17. The summed E-state index contributed by atoms with van der Waals surface area (Å²) in [5.74, 6) is 0.558. The van der Waals surface area contributed by atoms with Gasteiger partial charge in [-0.15, -0.1) is 0 Å². The van der Waals surface area contributed by atoms with Crippen molar-refractivity contribution in [2.45, 2.75) is 18.8 Å². The Balaban J connectivity index is 1.36. The topological polar surface area (TPSA) is 38.8 Å². The van der Waals surface area contributed by atoms with Crippen LogP contribution in [0.4, 0.5) is 0 Å². The van der Waals surface area contributed by atoms with Crippen LogP contribution in [-0.2, 0) is 11.3 Å². The van der Waals surface area contributed by atoms with E-state index in [1.807, 2.05) is 84.9 Å². The van der Waals surface area contributed by atoms with Crippen molar-refractivity contribution >= 4 is 27.3 Å². The van der Waals surface area contributed by atoms with Gasteiger partial charge in [-0.05, 0) is 38.7 Å². The van der Waals surface area contributed by atoms with E-state index < -0.39 is 6.10 Å². The monoisotopic (exact) mass is 430 g/mol. The van der Waals surface area contributed by atoms with Crippen molar-refractivity contribution in [3.8, 4) is 5.75 Å². The molecule has 1 aliphatic rings. The highest BCUT2D eigenvalue weighted by molar-refractivity contribution is 6.13. The largest absolute Gasteiger partial charge is 0.488 e. The Morgan fingerprint density at radius 2 is 1.36 bits per heavy atom. The van der Waals surface area contributed by atoms with Crippen LogP contribution < -0.4 is 4.74 Å². The predicted molar refractivity (Wildman–Crippen MR) is 131 cm³/mol. The number of rotatable bonds is 6. The van der Waals surface area contributed by atoms with Gasteiger partial charge in [0.2, 0.25) is 0 Å². The number of epoxide rings is 1. The zero-order valence-corrected chi connectivity index (χ0v) is 18.0. The number of fused-ring (bicyclic) bond motifs is 2. The molecule has 0 aliphatic carbocycles. The van der Waals surface area contributed by atoms with Gasteiger partial charge in [-0.1, -0.05) is 103 Å². The SMILES string of the molecule is O=C(c1c(OCc2ccccc2)ccc2ccccc12)[C@@H]1O[C@@H]1c1cccc2ccccc12. The summed E-state index contributed by atoms with van der Waals surface area (Å²) < 4.78 is 12.2. The molecule has 160 valence electrons. The molecule has 0 radical (unpaired) electrons. The highest BCUT2D eigenvalue weighted by atomic mass is 16.6. The molecule has 6 rings (SSSR count). The first-order valence-electron chi connectivity index (χ1n) is 11.2. The van der Waals surface area contributed by atoms with E-state index in [-0.39, 0.29) is 11.9 Å². The van der Waals surface area contributed by atoms with E-state index in [1.54, 1.807) is 0 Å². The van der Waals surface area contributed by atoms with Gasteiger partial charge in [-0.2, -0.15) is 0 Å². The lowest BCUT2D eigenvalue weighted by atomic mass is 9.95. The number of ether oxygens (including phenoxy) is 2. The smallest absolute Gasteiger partial charge is 0.198 e. The molecule has 0 aromatic heterocycles. The van der Waals surface area contributed by atoms with Crippen LogP contribution in [0, 0.1) is 0 Å². The van der Waals surface area contributed by atoms with E-state index in [1.165, 1.54) is 0 Å². The number of benzene rings is 5. The Morgan fingerprint density at radius 1 is 0.697 bits per heavy atom. The summed E-state index contributed by atoms with van der Waals surface area (Å²) >= 11 is 0. The average Bonchev–Trinajstić information content (AvgIpc) is 3.68. The van der Waals surface area contributed by atoms with E-state index in [2.05, 4.69) is 24.3 Å². The molecular weight excluding hydrogens is 408 g/mol. The Bertz CT molecular complexity index is 1470. The first kappa shape index (κ1) is 19.7. The van der Waals surface area contributed by atoms with Crippen molar-refractivity contribution in [2.75, 3.05) is 0 Å². The average molecular weight is 431 g/mol. The van der Waals surface area contributed by atoms with Crippen molar-refractivity contribution < 1.29 is 14.3 Å². The number of carbonyl (C=O) groups excluding carboxylic acids is 1. The minimum atomic E-state index is -0.513. The van der Waals surface area contributed by atoms with E-state index in [0.29, 0.717) is 17.9 Å². The second-order valence-corrected chi connectivity index (χ2v) is 8.34. The van der Waals surface area contributed by atoms with Crippen LogP contribution in [0.25, 0.3) is 21.5 Å². The van der Waals surface area contributed by atoms with E-state index in [9.17, 15) is 4.79 Å². The van der Waals surface area contributed by atoms with E-state index in [4.69, 9.17) is 9.47 Å². The number of ketones is 1. The van der Waals surface area contributed by atoms with Crippen molar-refractivity contribution in [1.82, 2.24) is 0 Å². The maximum absolute atomic E-state index is 13.8. The van der Waals surface area contributed by atoms with Gasteiger partial charge >= 0.3 is 0 Å². The standard InChI is InChI=1S/C30H22O3/c31-28(30-29(33-30)25-16-8-13-21-11-4-6-14-23(21)25)27-24-15-7-5-12-22(24)17-18-26(27)32-19-20-9-2-1-3-10-20/h1-18,29-30H,19H2/t29-,30+/m1/s1. The Labute approximate surface area is 192 Å². The molecule has 2 atom stereocenters. The van der Waals surface area contributed by atoms with Crippen molar-refractivity contribution in [1.29, 1.82) is 0 Å². The van der Waals surface area contributed by atoms with Crippen molar-refractivity contribution in [3.63, 3.8) is 0 Å². The Morgan fingerprint density at radius 3 is 2.18 bits per heavy atom. The molecule has 0 spiro atoms. The summed E-state index contributed by atoms with van der Waals surface area (Å²) in [6, 6.07) is 36.2. The van der Waals surface area contributed by atoms with Gasteiger partial charge in [-0.3, -0.25) is 4.79 Å². The van der Waals surface area contributed by atoms with Crippen LogP contribution >= 0.6 is 0 Å². The zero-order valence-electron chi connectivity index (χ0n) is 18.0. The molecule has 1 saturated heterocycles. The molecular formula is C30H22O3. The van der Waals surface area contributed by atoms with E-state index in [0.717, 1.165) is 32.7 Å².